The second-order valence-electron chi connectivity index (χ2n) is 7.87. The predicted octanol–water partition coefficient (Wildman–Crippen LogP) is 7.42. The van der Waals surface area contributed by atoms with Crippen molar-refractivity contribution in [3.8, 4) is 5.75 Å². The zero-order valence-electron chi connectivity index (χ0n) is 18.1. The van der Waals surface area contributed by atoms with Crippen LogP contribution in [-0.4, -0.2) is 12.1 Å². The Kier molecular flexibility index (Phi) is 15.2. The summed E-state index contributed by atoms with van der Waals surface area (Å²) >= 11 is 0. The van der Waals surface area contributed by atoms with Gasteiger partial charge in [-0.1, -0.05) is 95.8 Å². The second kappa shape index (κ2) is 17.0. The molecule has 0 fully saturated rings. The number of rotatable bonds is 17. The minimum absolute atomic E-state index is 0.152. The minimum atomic E-state index is -0.239. The van der Waals surface area contributed by atoms with Gasteiger partial charge in [-0.25, -0.2) is 0 Å². The maximum atomic E-state index is 12.0. The lowest BCUT2D eigenvalue weighted by atomic mass is 10.0. The molecule has 0 amide bonds. The summed E-state index contributed by atoms with van der Waals surface area (Å²) in [6.45, 7) is 4.13. The summed E-state index contributed by atoms with van der Waals surface area (Å²) < 4.78 is 10.6. The molecule has 1 rings (SSSR count). The molecule has 1 aromatic rings. The van der Waals surface area contributed by atoms with Crippen LogP contribution in [0.5, 0.6) is 5.75 Å². The van der Waals surface area contributed by atoms with E-state index in [1.807, 2.05) is 25.1 Å². The van der Waals surface area contributed by atoms with E-state index in [0.717, 1.165) is 18.4 Å². The van der Waals surface area contributed by atoms with Crippen LogP contribution in [0.15, 0.2) is 24.3 Å². The van der Waals surface area contributed by atoms with Crippen molar-refractivity contribution >= 4 is 15.4 Å². The maximum Gasteiger partial charge on any atom is 0.313 e. The third-order valence-electron chi connectivity index (χ3n) is 5.18. The van der Waals surface area contributed by atoms with Crippen LogP contribution in [0.1, 0.15) is 103 Å². The molecule has 0 aromatic heterocycles. The molecule has 0 saturated heterocycles. The molecule has 0 saturated carbocycles. The van der Waals surface area contributed by atoms with E-state index in [9.17, 15) is 4.79 Å². The van der Waals surface area contributed by atoms with Crippen molar-refractivity contribution in [1.29, 1.82) is 0 Å². The van der Waals surface area contributed by atoms with Gasteiger partial charge in [-0.2, -0.15) is 0 Å². The van der Waals surface area contributed by atoms with Gasteiger partial charge in [0.05, 0.1) is 12.5 Å². The topological polar surface area (TPSA) is 35.5 Å². The van der Waals surface area contributed by atoms with Crippen molar-refractivity contribution < 1.29 is 14.1 Å². The number of esters is 1. The van der Waals surface area contributed by atoms with Gasteiger partial charge in [-0.05, 0) is 31.4 Å². The van der Waals surface area contributed by atoms with Crippen LogP contribution >= 0.6 is 9.47 Å². The first-order valence-electron chi connectivity index (χ1n) is 11.3. The van der Waals surface area contributed by atoms with E-state index in [1.165, 1.54) is 70.6 Å². The lowest BCUT2D eigenvalue weighted by Crippen LogP contribution is -2.16. The molecule has 0 N–H and O–H groups in total. The number of unbranched alkanes of at least 4 members (excludes halogenated alkanes) is 11. The van der Waals surface area contributed by atoms with Crippen molar-refractivity contribution in [3.05, 3.63) is 29.8 Å². The Labute approximate surface area is 175 Å². The molecule has 3 nitrogen and oxygen atoms in total. The third kappa shape index (κ3) is 12.5. The maximum absolute atomic E-state index is 12.0. The fraction of sp³-hybridized carbons (Fsp3) is 0.708. The molecule has 0 radical (unpaired) electrons. The summed E-state index contributed by atoms with van der Waals surface area (Å²) in [6.07, 6.45) is 17.3. The fourth-order valence-corrected chi connectivity index (χ4v) is 3.51. The molecule has 160 valence electrons. The summed E-state index contributed by atoms with van der Waals surface area (Å²) in [4.78, 5) is 12.0. The highest BCUT2D eigenvalue weighted by Crippen LogP contribution is 2.22. The molecule has 2 atom stereocenters. The Balaban J connectivity index is 2.13. The number of benzene rings is 1. The van der Waals surface area contributed by atoms with E-state index in [2.05, 4.69) is 22.5 Å². The molecule has 0 aliphatic heterocycles. The minimum Gasteiger partial charge on any atom is -0.426 e. The van der Waals surface area contributed by atoms with Crippen molar-refractivity contribution in [1.82, 2.24) is 0 Å². The molecular formula is C24H41O3P. The Bertz CT molecular complexity index is 518. The van der Waals surface area contributed by atoms with Crippen LogP contribution in [0.3, 0.4) is 0 Å². The second-order valence-corrected chi connectivity index (χ2v) is 8.14. The SMILES string of the molecule is CCCCCCCCCCCCCCc1ccccc1OC(=O)CC(C)OP. The van der Waals surface area contributed by atoms with Gasteiger partial charge in [0.25, 0.3) is 0 Å². The van der Waals surface area contributed by atoms with Crippen molar-refractivity contribution in [2.75, 3.05) is 0 Å². The van der Waals surface area contributed by atoms with Gasteiger partial charge in [-0.15, -0.1) is 0 Å². The van der Waals surface area contributed by atoms with Crippen molar-refractivity contribution in [2.24, 2.45) is 0 Å². The first-order valence-corrected chi connectivity index (χ1v) is 11.8. The Morgan fingerprint density at radius 2 is 1.43 bits per heavy atom. The van der Waals surface area contributed by atoms with Gasteiger partial charge >= 0.3 is 5.97 Å². The Morgan fingerprint density at radius 1 is 0.893 bits per heavy atom. The van der Waals surface area contributed by atoms with E-state index >= 15 is 0 Å². The molecule has 0 spiro atoms. The average molecular weight is 409 g/mol. The molecule has 0 aliphatic rings. The summed E-state index contributed by atoms with van der Waals surface area (Å²) in [7, 11) is 2.19. The summed E-state index contributed by atoms with van der Waals surface area (Å²) in [5.41, 5.74) is 1.13. The van der Waals surface area contributed by atoms with E-state index in [1.54, 1.807) is 0 Å². The van der Waals surface area contributed by atoms with Crippen LogP contribution in [0, 0.1) is 0 Å². The molecule has 28 heavy (non-hydrogen) atoms. The first kappa shape index (κ1) is 25.1. The average Bonchev–Trinajstić information content (AvgIpc) is 2.69. The van der Waals surface area contributed by atoms with Gasteiger partial charge < -0.3 is 9.26 Å². The number of hydrogen-bond acceptors (Lipinski definition) is 3. The molecule has 0 aliphatic carbocycles. The zero-order chi connectivity index (χ0) is 20.5. The molecule has 4 heteroatoms. The number of para-hydroxylation sites is 1. The smallest absolute Gasteiger partial charge is 0.313 e. The molecule has 1 aromatic carbocycles. The lowest BCUT2D eigenvalue weighted by molar-refractivity contribution is -0.135. The molecule has 2 unspecified atom stereocenters. The summed E-state index contributed by atoms with van der Waals surface area (Å²) in [5.74, 6) is 0.462. The van der Waals surface area contributed by atoms with Crippen LogP contribution in [0.25, 0.3) is 0 Å². The van der Waals surface area contributed by atoms with Crippen LogP contribution < -0.4 is 4.74 Å². The number of hydrogen-bond donors (Lipinski definition) is 0. The van der Waals surface area contributed by atoms with Gasteiger partial charge in [0.1, 0.15) is 5.75 Å². The highest BCUT2D eigenvalue weighted by molar-refractivity contribution is 7.09. The van der Waals surface area contributed by atoms with Gasteiger partial charge in [0.15, 0.2) is 0 Å². The number of aryl methyl sites for hydroxylation is 1. The number of carbonyl (C=O) groups excluding carboxylic acids is 1. The van der Waals surface area contributed by atoms with Crippen LogP contribution in [-0.2, 0) is 15.7 Å². The summed E-state index contributed by atoms with van der Waals surface area (Å²) in [5, 5.41) is 0. The number of ether oxygens (including phenoxy) is 1. The zero-order valence-corrected chi connectivity index (χ0v) is 19.2. The third-order valence-corrected chi connectivity index (χ3v) is 5.65. The quantitative estimate of drug-likeness (QED) is 0.116. The molecule has 0 bridgehead atoms. The van der Waals surface area contributed by atoms with E-state index in [0.29, 0.717) is 5.75 Å². The highest BCUT2D eigenvalue weighted by atomic mass is 31.0. The lowest BCUT2D eigenvalue weighted by Gasteiger charge is -2.12. The standard InChI is InChI=1S/C24H41O3P/c1-3-4-5-6-7-8-9-10-11-12-13-14-17-22-18-15-16-19-23(22)26-24(25)20-21(2)27-28/h15-16,18-19,21H,3-14,17,20,28H2,1-2H3. The van der Waals surface area contributed by atoms with E-state index in [-0.39, 0.29) is 18.5 Å². The predicted molar refractivity (Wildman–Crippen MR) is 122 cm³/mol. The van der Waals surface area contributed by atoms with Crippen molar-refractivity contribution in [3.63, 3.8) is 0 Å². The Hall–Kier alpha value is -0.920. The fourth-order valence-electron chi connectivity index (χ4n) is 3.41. The highest BCUT2D eigenvalue weighted by Gasteiger charge is 2.12. The van der Waals surface area contributed by atoms with Crippen LogP contribution in [0.2, 0.25) is 0 Å². The van der Waals surface area contributed by atoms with Crippen LogP contribution in [0.4, 0.5) is 0 Å². The largest absolute Gasteiger partial charge is 0.426 e. The number of carbonyl (C=O) groups is 1. The van der Waals surface area contributed by atoms with E-state index < -0.39 is 0 Å². The van der Waals surface area contributed by atoms with Crippen molar-refractivity contribution in [2.45, 2.75) is 110 Å². The van der Waals surface area contributed by atoms with Gasteiger partial charge in [-0.3, -0.25) is 4.79 Å². The van der Waals surface area contributed by atoms with Gasteiger partial charge in [0, 0.05) is 9.47 Å². The Morgan fingerprint density at radius 3 is 2.00 bits per heavy atom. The normalized spacial score (nSPS) is 12.1. The van der Waals surface area contributed by atoms with Gasteiger partial charge in [0.2, 0.25) is 0 Å². The molecule has 0 heterocycles. The molecular weight excluding hydrogens is 367 g/mol. The monoisotopic (exact) mass is 408 g/mol. The summed E-state index contributed by atoms with van der Waals surface area (Å²) in [6, 6.07) is 7.89. The van der Waals surface area contributed by atoms with E-state index in [4.69, 9.17) is 9.26 Å². The first-order chi connectivity index (χ1) is 13.7.